The second-order valence-electron chi connectivity index (χ2n) is 5.33. The molecule has 6 nitrogen and oxygen atoms in total. The van der Waals surface area contributed by atoms with Gasteiger partial charge in [0, 0.05) is 20.0 Å². The highest BCUT2D eigenvalue weighted by Gasteiger charge is 2.16. The Morgan fingerprint density at radius 1 is 1.17 bits per heavy atom. The first kappa shape index (κ1) is 18.8. The number of methoxy groups -OCH3 is 2. The summed E-state index contributed by atoms with van der Waals surface area (Å²) in [5, 5.41) is 2.86. The van der Waals surface area contributed by atoms with Crippen LogP contribution in [0.5, 0.6) is 5.75 Å². The van der Waals surface area contributed by atoms with E-state index in [0.717, 1.165) is 17.7 Å². The molecule has 2 amide bonds. The van der Waals surface area contributed by atoms with Crippen LogP contribution in [-0.2, 0) is 9.53 Å². The van der Waals surface area contributed by atoms with Gasteiger partial charge in [-0.1, -0.05) is 12.1 Å². The number of carbonyl (C=O) groups is 2. The second-order valence-corrected chi connectivity index (χ2v) is 5.33. The Kier molecular flexibility index (Phi) is 7.94. The topological polar surface area (TPSA) is 67.9 Å². The van der Waals surface area contributed by atoms with Gasteiger partial charge >= 0.3 is 12.0 Å². The number of amides is 2. The molecule has 0 spiro atoms. The summed E-state index contributed by atoms with van der Waals surface area (Å²) < 4.78 is 9.70. The molecule has 0 saturated carbocycles. The van der Waals surface area contributed by atoms with Crippen molar-refractivity contribution in [2.24, 2.45) is 0 Å². The summed E-state index contributed by atoms with van der Waals surface area (Å²) in [6, 6.07) is 7.48. The van der Waals surface area contributed by atoms with Gasteiger partial charge in [-0.2, -0.15) is 0 Å². The number of nitrogens with one attached hydrogen (secondary N) is 1. The van der Waals surface area contributed by atoms with Crippen LogP contribution in [0.2, 0.25) is 0 Å². The molecule has 0 aliphatic rings. The van der Waals surface area contributed by atoms with Crippen LogP contribution in [0.4, 0.5) is 4.79 Å². The lowest BCUT2D eigenvalue weighted by molar-refractivity contribution is -0.140. The molecular formula is C17H26N2O4. The highest BCUT2D eigenvalue weighted by Crippen LogP contribution is 2.21. The Morgan fingerprint density at radius 2 is 1.83 bits per heavy atom. The highest BCUT2D eigenvalue weighted by atomic mass is 16.5. The molecule has 0 heterocycles. The number of rotatable bonds is 8. The van der Waals surface area contributed by atoms with Crippen molar-refractivity contribution in [2.75, 3.05) is 27.8 Å². The largest absolute Gasteiger partial charge is 0.497 e. The molecule has 1 aromatic rings. The predicted octanol–water partition coefficient (Wildman–Crippen LogP) is 2.74. The maximum absolute atomic E-state index is 12.1. The molecule has 1 aromatic carbocycles. The van der Waals surface area contributed by atoms with Gasteiger partial charge in [-0.15, -0.1) is 0 Å². The van der Waals surface area contributed by atoms with Crippen LogP contribution in [0.1, 0.15) is 37.8 Å². The third-order valence-electron chi connectivity index (χ3n) is 3.81. The number of hydrogen-bond donors (Lipinski definition) is 1. The zero-order chi connectivity index (χ0) is 17.2. The number of ether oxygens (including phenoxy) is 2. The van der Waals surface area contributed by atoms with Gasteiger partial charge < -0.3 is 19.7 Å². The summed E-state index contributed by atoms with van der Waals surface area (Å²) in [6.07, 6.45) is 1.82. The lowest BCUT2D eigenvalue weighted by atomic mass is 10.1. The zero-order valence-electron chi connectivity index (χ0n) is 14.3. The summed E-state index contributed by atoms with van der Waals surface area (Å²) in [6.45, 7) is 2.51. The number of benzene rings is 1. The Labute approximate surface area is 137 Å². The van der Waals surface area contributed by atoms with Gasteiger partial charge in [0.2, 0.25) is 0 Å². The third-order valence-corrected chi connectivity index (χ3v) is 3.81. The van der Waals surface area contributed by atoms with Gasteiger partial charge in [0.1, 0.15) is 5.75 Å². The molecule has 0 aliphatic heterocycles. The summed E-state index contributed by atoms with van der Waals surface area (Å²) in [5.74, 6) is 0.570. The van der Waals surface area contributed by atoms with E-state index in [0.29, 0.717) is 19.4 Å². The number of hydrogen-bond acceptors (Lipinski definition) is 4. The fraction of sp³-hybridized carbons (Fsp3) is 0.529. The fourth-order valence-electron chi connectivity index (χ4n) is 2.10. The summed E-state index contributed by atoms with van der Waals surface area (Å²) in [5.41, 5.74) is 1.04. The standard InChI is InChI=1S/C17H26N2O4/c1-13(14-8-10-15(22-3)11-9-14)19(2)17(21)18-12-6-5-7-16(20)23-4/h8-11,13H,5-7,12H2,1-4H3,(H,18,21). The van der Waals surface area contributed by atoms with Gasteiger partial charge in [0.15, 0.2) is 0 Å². The number of urea groups is 1. The molecule has 23 heavy (non-hydrogen) atoms. The normalized spacial score (nSPS) is 11.5. The average Bonchev–Trinajstić information content (AvgIpc) is 2.59. The van der Waals surface area contributed by atoms with Gasteiger partial charge in [0.05, 0.1) is 20.3 Å². The number of unbranched alkanes of at least 4 members (excludes halogenated alkanes) is 1. The minimum atomic E-state index is -0.221. The highest BCUT2D eigenvalue weighted by molar-refractivity contribution is 5.74. The first-order valence-electron chi connectivity index (χ1n) is 7.71. The van der Waals surface area contributed by atoms with E-state index in [2.05, 4.69) is 10.1 Å². The minimum absolute atomic E-state index is 0.0454. The van der Waals surface area contributed by atoms with Gasteiger partial charge in [-0.25, -0.2) is 4.79 Å². The molecule has 0 aliphatic carbocycles. The van der Waals surface area contributed by atoms with Crippen molar-refractivity contribution in [1.82, 2.24) is 10.2 Å². The Morgan fingerprint density at radius 3 is 2.39 bits per heavy atom. The van der Waals surface area contributed by atoms with Gasteiger partial charge in [0.25, 0.3) is 0 Å². The lowest BCUT2D eigenvalue weighted by Crippen LogP contribution is -2.39. The molecule has 128 valence electrons. The van der Waals surface area contributed by atoms with E-state index < -0.39 is 0 Å². The number of esters is 1. The van der Waals surface area contributed by atoms with E-state index in [1.807, 2.05) is 31.2 Å². The first-order valence-corrected chi connectivity index (χ1v) is 7.71. The molecule has 0 fully saturated rings. The molecule has 0 bridgehead atoms. The van der Waals surface area contributed by atoms with E-state index in [1.54, 1.807) is 19.1 Å². The SMILES string of the molecule is COC(=O)CCCCNC(=O)N(C)C(C)c1ccc(OC)cc1. The van der Waals surface area contributed by atoms with E-state index >= 15 is 0 Å². The Bertz CT molecular complexity index is 502. The maximum atomic E-state index is 12.1. The molecule has 0 aromatic heterocycles. The maximum Gasteiger partial charge on any atom is 0.317 e. The smallest absolute Gasteiger partial charge is 0.317 e. The van der Waals surface area contributed by atoms with E-state index in [-0.39, 0.29) is 18.0 Å². The number of nitrogens with zero attached hydrogens (tertiary/aromatic N) is 1. The molecule has 1 unspecified atom stereocenters. The van der Waals surface area contributed by atoms with Crippen LogP contribution < -0.4 is 10.1 Å². The van der Waals surface area contributed by atoms with E-state index in [9.17, 15) is 9.59 Å². The Balaban J connectivity index is 2.38. The molecule has 1 rings (SSSR count). The van der Waals surface area contributed by atoms with Crippen LogP contribution in [0.15, 0.2) is 24.3 Å². The predicted molar refractivity (Wildman–Crippen MR) is 88.4 cm³/mol. The molecule has 1 N–H and O–H groups in total. The molecule has 0 saturated heterocycles. The van der Waals surface area contributed by atoms with Crippen molar-refractivity contribution in [3.63, 3.8) is 0 Å². The van der Waals surface area contributed by atoms with Crippen molar-refractivity contribution in [1.29, 1.82) is 0 Å². The van der Waals surface area contributed by atoms with Crippen molar-refractivity contribution >= 4 is 12.0 Å². The van der Waals surface area contributed by atoms with E-state index in [4.69, 9.17) is 4.74 Å². The zero-order valence-corrected chi connectivity index (χ0v) is 14.3. The van der Waals surface area contributed by atoms with Crippen molar-refractivity contribution in [3.8, 4) is 5.75 Å². The summed E-state index contributed by atoms with van der Waals surface area (Å²) in [7, 11) is 4.76. The third kappa shape index (κ3) is 6.18. The van der Waals surface area contributed by atoms with Crippen LogP contribution in [0, 0.1) is 0 Å². The molecular weight excluding hydrogens is 296 g/mol. The van der Waals surface area contributed by atoms with Crippen molar-refractivity contribution in [3.05, 3.63) is 29.8 Å². The van der Waals surface area contributed by atoms with Crippen molar-refractivity contribution < 1.29 is 19.1 Å². The van der Waals surface area contributed by atoms with Gasteiger partial charge in [-0.05, 0) is 37.5 Å². The quantitative estimate of drug-likeness (QED) is 0.590. The summed E-state index contributed by atoms with van der Waals surface area (Å²) >= 11 is 0. The van der Waals surface area contributed by atoms with Crippen LogP contribution in [-0.4, -0.2) is 44.7 Å². The molecule has 1 atom stereocenters. The van der Waals surface area contributed by atoms with Crippen molar-refractivity contribution in [2.45, 2.75) is 32.2 Å². The number of carbonyl (C=O) groups excluding carboxylic acids is 2. The Hall–Kier alpha value is -2.24. The molecule has 6 heteroatoms. The first-order chi connectivity index (χ1) is 11.0. The second kappa shape index (κ2) is 9.71. The minimum Gasteiger partial charge on any atom is -0.497 e. The lowest BCUT2D eigenvalue weighted by Gasteiger charge is -2.25. The summed E-state index contributed by atoms with van der Waals surface area (Å²) in [4.78, 5) is 24.8. The van der Waals surface area contributed by atoms with E-state index in [1.165, 1.54) is 7.11 Å². The van der Waals surface area contributed by atoms with Crippen LogP contribution in [0.3, 0.4) is 0 Å². The average molecular weight is 322 g/mol. The monoisotopic (exact) mass is 322 g/mol. The van der Waals surface area contributed by atoms with Crippen LogP contribution >= 0.6 is 0 Å². The van der Waals surface area contributed by atoms with Crippen LogP contribution in [0.25, 0.3) is 0 Å². The van der Waals surface area contributed by atoms with Gasteiger partial charge in [-0.3, -0.25) is 4.79 Å². The fourth-order valence-corrected chi connectivity index (χ4v) is 2.10. The molecule has 0 radical (unpaired) electrons.